The molecule has 2 aromatic rings. The van der Waals surface area contributed by atoms with Gasteiger partial charge in [0.1, 0.15) is 5.75 Å². The maximum atomic E-state index is 5.28. The van der Waals surface area contributed by atoms with Crippen LogP contribution in [0.2, 0.25) is 0 Å². The standard InChI is InChI=1S/C15H20BrN3O/c1-11(2)17-9-13-6-7-18-19(13)10-12-8-14(20-3)4-5-15(12)16/h4-8,11,17H,9-10H2,1-3H3. The lowest BCUT2D eigenvalue weighted by Gasteiger charge is -2.12. The number of nitrogens with zero attached hydrogens (tertiary/aromatic N) is 2. The van der Waals surface area contributed by atoms with E-state index in [1.165, 1.54) is 5.69 Å². The summed E-state index contributed by atoms with van der Waals surface area (Å²) in [5, 5.41) is 7.82. The van der Waals surface area contributed by atoms with E-state index in [0.717, 1.165) is 28.9 Å². The lowest BCUT2D eigenvalue weighted by atomic mass is 10.2. The molecule has 0 fully saturated rings. The van der Waals surface area contributed by atoms with E-state index in [2.05, 4.69) is 40.2 Å². The Balaban J connectivity index is 2.16. The molecule has 1 heterocycles. The predicted octanol–water partition coefficient (Wildman–Crippen LogP) is 3.20. The van der Waals surface area contributed by atoms with E-state index in [9.17, 15) is 0 Å². The fourth-order valence-corrected chi connectivity index (χ4v) is 2.29. The molecule has 0 aliphatic carbocycles. The normalized spacial score (nSPS) is 11.1. The third kappa shape index (κ3) is 3.84. The molecule has 108 valence electrons. The Morgan fingerprint density at radius 3 is 2.85 bits per heavy atom. The van der Waals surface area contributed by atoms with Crippen LogP contribution < -0.4 is 10.1 Å². The average molecular weight is 338 g/mol. The Morgan fingerprint density at radius 2 is 2.15 bits per heavy atom. The molecule has 0 atom stereocenters. The number of ether oxygens (including phenoxy) is 1. The average Bonchev–Trinajstić information content (AvgIpc) is 2.86. The van der Waals surface area contributed by atoms with Crippen LogP contribution in [-0.4, -0.2) is 22.9 Å². The van der Waals surface area contributed by atoms with Gasteiger partial charge in [-0.2, -0.15) is 5.10 Å². The zero-order chi connectivity index (χ0) is 14.5. The van der Waals surface area contributed by atoms with Crippen molar-refractivity contribution in [3.8, 4) is 5.75 Å². The van der Waals surface area contributed by atoms with Gasteiger partial charge in [0.25, 0.3) is 0 Å². The van der Waals surface area contributed by atoms with Crippen molar-refractivity contribution >= 4 is 15.9 Å². The molecular weight excluding hydrogens is 318 g/mol. The minimum absolute atomic E-state index is 0.460. The summed E-state index contributed by atoms with van der Waals surface area (Å²) in [4.78, 5) is 0. The zero-order valence-electron chi connectivity index (χ0n) is 12.1. The largest absolute Gasteiger partial charge is 0.497 e. The third-order valence-corrected chi connectivity index (χ3v) is 3.84. The molecule has 0 aliphatic heterocycles. The van der Waals surface area contributed by atoms with Gasteiger partial charge >= 0.3 is 0 Å². The van der Waals surface area contributed by atoms with Crippen LogP contribution in [0.4, 0.5) is 0 Å². The molecule has 4 nitrogen and oxygen atoms in total. The lowest BCUT2D eigenvalue weighted by Crippen LogP contribution is -2.23. The summed E-state index contributed by atoms with van der Waals surface area (Å²) in [6.45, 7) is 5.82. The van der Waals surface area contributed by atoms with Gasteiger partial charge in [-0.05, 0) is 29.8 Å². The Hall–Kier alpha value is -1.33. The molecule has 20 heavy (non-hydrogen) atoms. The van der Waals surface area contributed by atoms with E-state index < -0.39 is 0 Å². The highest BCUT2D eigenvalue weighted by atomic mass is 79.9. The molecule has 1 aromatic heterocycles. The third-order valence-electron chi connectivity index (χ3n) is 3.07. The fraction of sp³-hybridized carbons (Fsp3) is 0.400. The Labute approximate surface area is 128 Å². The van der Waals surface area contributed by atoms with Crippen LogP contribution in [0.5, 0.6) is 5.75 Å². The first-order valence-corrected chi connectivity index (χ1v) is 7.46. The number of nitrogens with one attached hydrogen (secondary N) is 1. The summed E-state index contributed by atoms with van der Waals surface area (Å²) in [6, 6.07) is 8.48. The summed E-state index contributed by atoms with van der Waals surface area (Å²) < 4.78 is 8.35. The number of halogens is 1. The van der Waals surface area contributed by atoms with E-state index in [1.54, 1.807) is 7.11 Å². The summed E-state index contributed by atoms with van der Waals surface area (Å²) in [5.41, 5.74) is 2.33. The molecule has 0 saturated carbocycles. The number of benzene rings is 1. The van der Waals surface area contributed by atoms with Crippen molar-refractivity contribution in [1.82, 2.24) is 15.1 Å². The first-order chi connectivity index (χ1) is 9.60. The van der Waals surface area contributed by atoms with Gasteiger partial charge < -0.3 is 10.1 Å². The molecule has 0 unspecified atom stereocenters. The van der Waals surface area contributed by atoms with E-state index in [-0.39, 0.29) is 0 Å². The maximum Gasteiger partial charge on any atom is 0.119 e. The molecule has 0 amide bonds. The van der Waals surface area contributed by atoms with Crippen molar-refractivity contribution in [3.63, 3.8) is 0 Å². The Morgan fingerprint density at radius 1 is 1.35 bits per heavy atom. The molecule has 0 bridgehead atoms. The first-order valence-electron chi connectivity index (χ1n) is 6.66. The number of hydrogen-bond acceptors (Lipinski definition) is 3. The SMILES string of the molecule is COc1ccc(Br)c(Cn2nccc2CNC(C)C)c1. The highest BCUT2D eigenvalue weighted by Gasteiger charge is 2.07. The Bertz CT molecular complexity index is 566. The Kier molecular flexibility index (Phi) is 5.20. The summed E-state index contributed by atoms with van der Waals surface area (Å²) in [5.74, 6) is 0.859. The quantitative estimate of drug-likeness (QED) is 0.879. The lowest BCUT2D eigenvalue weighted by molar-refractivity contribution is 0.414. The molecule has 0 aliphatic rings. The van der Waals surface area contributed by atoms with Crippen molar-refractivity contribution in [1.29, 1.82) is 0 Å². The van der Waals surface area contributed by atoms with Gasteiger partial charge in [-0.3, -0.25) is 4.68 Å². The molecule has 0 saturated heterocycles. The van der Waals surface area contributed by atoms with Crippen LogP contribution in [0.1, 0.15) is 25.1 Å². The van der Waals surface area contributed by atoms with Gasteiger partial charge in [-0.15, -0.1) is 0 Å². The van der Waals surface area contributed by atoms with Gasteiger partial charge in [-0.1, -0.05) is 29.8 Å². The van der Waals surface area contributed by atoms with Gasteiger partial charge in [-0.25, -0.2) is 0 Å². The van der Waals surface area contributed by atoms with Crippen molar-refractivity contribution in [2.75, 3.05) is 7.11 Å². The number of methoxy groups -OCH3 is 1. The predicted molar refractivity (Wildman–Crippen MR) is 84.0 cm³/mol. The van der Waals surface area contributed by atoms with Crippen LogP contribution in [-0.2, 0) is 13.1 Å². The fourth-order valence-electron chi connectivity index (χ4n) is 1.92. The van der Waals surface area contributed by atoms with Crippen molar-refractivity contribution < 1.29 is 4.74 Å². The topological polar surface area (TPSA) is 39.1 Å². The highest BCUT2D eigenvalue weighted by Crippen LogP contribution is 2.23. The summed E-state index contributed by atoms with van der Waals surface area (Å²) in [7, 11) is 1.68. The molecular formula is C15H20BrN3O. The second-order valence-corrected chi connectivity index (χ2v) is 5.83. The van der Waals surface area contributed by atoms with E-state index in [0.29, 0.717) is 6.04 Å². The summed E-state index contributed by atoms with van der Waals surface area (Å²) >= 11 is 3.58. The molecule has 0 spiro atoms. The van der Waals surface area contributed by atoms with Gasteiger partial charge in [0.2, 0.25) is 0 Å². The van der Waals surface area contributed by atoms with Crippen LogP contribution in [0.15, 0.2) is 34.9 Å². The van der Waals surface area contributed by atoms with E-state index in [1.807, 2.05) is 35.1 Å². The van der Waals surface area contributed by atoms with Crippen molar-refractivity contribution in [3.05, 3.63) is 46.2 Å². The van der Waals surface area contributed by atoms with Gasteiger partial charge in [0, 0.05) is 23.3 Å². The maximum absolute atomic E-state index is 5.28. The second kappa shape index (κ2) is 6.90. The monoisotopic (exact) mass is 337 g/mol. The molecule has 1 aromatic carbocycles. The minimum atomic E-state index is 0.460. The molecule has 2 rings (SSSR count). The molecule has 1 N–H and O–H groups in total. The smallest absolute Gasteiger partial charge is 0.119 e. The van der Waals surface area contributed by atoms with E-state index >= 15 is 0 Å². The number of hydrogen-bond donors (Lipinski definition) is 1. The van der Waals surface area contributed by atoms with Crippen LogP contribution >= 0.6 is 15.9 Å². The number of aromatic nitrogens is 2. The van der Waals surface area contributed by atoms with Gasteiger partial charge in [0.15, 0.2) is 0 Å². The molecule has 0 radical (unpaired) electrons. The van der Waals surface area contributed by atoms with Crippen LogP contribution in [0.25, 0.3) is 0 Å². The van der Waals surface area contributed by atoms with Crippen molar-refractivity contribution in [2.45, 2.75) is 33.0 Å². The minimum Gasteiger partial charge on any atom is -0.497 e. The van der Waals surface area contributed by atoms with E-state index in [4.69, 9.17) is 4.74 Å². The first kappa shape index (κ1) is 15.1. The highest BCUT2D eigenvalue weighted by molar-refractivity contribution is 9.10. The van der Waals surface area contributed by atoms with Crippen LogP contribution in [0, 0.1) is 0 Å². The van der Waals surface area contributed by atoms with Gasteiger partial charge in [0.05, 0.1) is 19.3 Å². The van der Waals surface area contributed by atoms with Crippen LogP contribution in [0.3, 0.4) is 0 Å². The zero-order valence-corrected chi connectivity index (χ0v) is 13.6. The molecule has 5 heteroatoms. The van der Waals surface area contributed by atoms with Crippen molar-refractivity contribution in [2.24, 2.45) is 0 Å². The second-order valence-electron chi connectivity index (χ2n) is 4.97. The number of rotatable bonds is 6. The summed E-state index contributed by atoms with van der Waals surface area (Å²) in [6.07, 6.45) is 1.84.